The molecule has 1 aliphatic heterocycles. The van der Waals surface area contributed by atoms with Crippen LogP contribution >= 0.6 is 0 Å². The Kier molecular flexibility index (Phi) is 4.87. The molecular weight excluding hydrogens is 254 g/mol. The summed E-state index contributed by atoms with van der Waals surface area (Å²) in [4.78, 5) is 14.0. The molecule has 0 saturated carbocycles. The number of nitrogens with two attached hydrogens (primary N) is 1. The second kappa shape index (κ2) is 6.63. The summed E-state index contributed by atoms with van der Waals surface area (Å²) in [6.45, 7) is 4.45. The summed E-state index contributed by atoms with van der Waals surface area (Å²) in [5.74, 6) is 1.04. The number of piperidine rings is 1. The molecule has 0 radical (unpaired) electrons. The molecule has 20 heavy (non-hydrogen) atoms. The summed E-state index contributed by atoms with van der Waals surface area (Å²) in [7, 11) is 1.87. The molecule has 1 aromatic rings. The quantitative estimate of drug-likeness (QED) is 0.853. The molecule has 112 valence electrons. The van der Waals surface area contributed by atoms with Crippen LogP contribution in [0.2, 0.25) is 0 Å². The van der Waals surface area contributed by atoms with Gasteiger partial charge in [-0.05, 0) is 25.7 Å². The second-order valence-corrected chi connectivity index (χ2v) is 5.30. The van der Waals surface area contributed by atoms with Crippen LogP contribution in [0.15, 0.2) is 0 Å². The summed E-state index contributed by atoms with van der Waals surface area (Å²) in [5.41, 5.74) is 7.63. The van der Waals surface area contributed by atoms with Gasteiger partial charge in [0.05, 0.1) is 11.4 Å². The summed E-state index contributed by atoms with van der Waals surface area (Å²) in [6.07, 6.45) is 4.83. The van der Waals surface area contributed by atoms with E-state index in [1.807, 2.05) is 18.9 Å². The highest BCUT2D eigenvalue weighted by Gasteiger charge is 2.16. The minimum Gasteiger partial charge on any atom is -0.394 e. The number of carbonyl (C=O) groups excluding carboxylic acids is 1. The Morgan fingerprint density at radius 2 is 2.05 bits per heavy atom. The van der Waals surface area contributed by atoms with E-state index < -0.39 is 0 Å². The van der Waals surface area contributed by atoms with Crippen molar-refractivity contribution in [1.82, 2.24) is 14.7 Å². The number of aromatic nitrogens is 2. The zero-order chi connectivity index (χ0) is 14.5. The first-order valence-electron chi connectivity index (χ1n) is 7.46. The van der Waals surface area contributed by atoms with Gasteiger partial charge in [-0.1, -0.05) is 6.92 Å². The normalized spacial score (nSPS) is 15.4. The fourth-order valence-corrected chi connectivity index (χ4v) is 2.66. The van der Waals surface area contributed by atoms with Crippen LogP contribution in [0.3, 0.4) is 0 Å². The van der Waals surface area contributed by atoms with Crippen molar-refractivity contribution >= 4 is 17.4 Å². The van der Waals surface area contributed by atoms with Gasteiger partial charge in [0.25, 0.3) is 0 Å². The largest absolute Gasteiger partial charge is 0.394 e. The first kappa shape index (κ1) is 14.7. The van der Waals surface area contributed by atoms with Crippen molar-refractivity contribution in [3.63, 3.8) is 0 Å². The molecule has 1 amide bonds. The number of anilines is 2. The van der Waals surface area contributed by atoms with Gasteiger partial charge in [-0.2, -0.15) is 5.10 Å². The third-order valence-corrected chi connectivity index (χ3v) is 3.84. The predicted molar refractivity (Wildman–Crippen MR) is 80.5 cm³/mol. The number of amides is 1. The molecule has 2 rings (SSSR count). The molecular formula is C14H25N5O. The van der Waals surface area contributed by atoms with Gasteiger partial charge in [0, 0.05) is 33.1 Å². The van der Waals surface area contributed by atoms with Crippen LogP contribution < -0.4 is 11.1 Å². The van der Waals surface area contributed by atoms with Gasteiger partial charge in [-0.15, -0.1) is 0 Å². The molecule has 3 N–H and O–H groups in total. The van der Waals surface area contributed by atoms with E-state index in [0.29, 0.717) is 18.7 Å². The molecule has 1 saturated heterocycles. The van der Waals surface area contributed by atoms with Crippen LogP contribution in [-0.2, 0) is 18.3 Å². The maximum absolute atomic E-state index is 12.1. The Labute approximate surface area is 120 Å². The third kappa shape index (κ3) is 3.23. The van der Waals surface area contributed by atoms with Crippen LogP contribution in [0.1, 0.15) is 38.3 Å². The minimum absolute atomic E-state index is 0.230. The monoisotopic (exact) mass is 279 g/mol. The SMILES string of the molecule is CCc1nn(C)c(NCCC(=O)N2CCCCC2)c1N. The molecule has 0 spiro atoms. The van der Waals surface area contributed by atoms with E-state index in [1.165, 1.54) is 6.42 Å². The summed E-state index contributed by atoms with van der Waals surface area (Å²) in [6, 6.07) is 0. The van der Waals surface area contributed by atoms with Gasteiger partial charge in [-0.25, -0.2) is 0 Å². The molecule has 0 aromatic carbocycles. The first-order valence-corrected chi connectivity index (χ1v) is 7.46. The topological polar surface area (TPSA) is 76.2 Å². The Morgan fingerprint density at radius 1 is 1.35 bits per heavy atom. The minimum atomic E-state index is 0.230. The summed E-state index contributed by atoms with van der Waals surface area (Å²) in [5, 5.41) is 7.58. The van der Waals surface area contributed by atoms with Crippen molar-refractivity contribution in [3.05, 3.63) is 5.69 Å². The molecule has 2 heterocycles. The molecule has 0 unspecified atom stereocenters. The Morgan fingerprint density at radius 3 is 2.65 bits per heavy atom. The highest BCUT2D eigenvalue weighted by molar-refractivity contribution is 5.77. The Hall–Kier alpha value is -1.72. The first-order chi connectivity index (χ1) is 9.63. The Balaban J connectivity index is 1.83. The van der Waals surface area contributed by atoms with E-state index in [1.54, 1.807) is 4.68 Å². The van der Waals surface area contributed by atoms with Crippen LogP contribution in [0.25, 0.3) is 0 Å². The van der Waals surface area contributed by atoms with E-state index >= 15 is 0 Å². The lowest BCUT2D eigenvalue weighted by atomic mass is 10.1. The van der Waals surface area contributed by atoms with Crippen LogP contribution in [0.5, 0.6) is 0 Å². The molecule has 0 bridgehead atoms. The highest BCUT2D eigenvalue weighted by Crippen LogP contribution is 2.22. The predicted octanol–water partition coefficient (Wildman–Crippen LogP) is 1.38. The average molecular weight is 279 g/mol. The van der Waals surface area contributed by atoms with Crippen molar-refractivity contribution < 1.29 is 4.79 Å². The fraction of sp³-hybridized carbons (Fsp3) is 0.714. The highest BCUT2D eigenvalue weighted by atomic mass is 16.2. The van der Waals surface area contributed by atoms with Crippen LogP contribution in [0, 0.1) is 0 Å². The number of nitrogens with zero attached hydrogens (tertiary/aromatic N) is 3. The third-order valence-electron chi connectivity index (χ3n) is 3.84. The lowest BCUT2D eigenvalue weighted by Gasteiger charge is -2.26. The molecule has 1 fully saturated rings. The smallest absolute Gasteiger partial charge is 0.224 e. The van der Waals surface area contributed by atoms with Gasteiger partial charge in [0.15, 0.2) is 0 Å². The van der Waals surface area contributed by atoms with E-state index in [2.05, 4.69) is 10.4 Å². The molecule has 6 nitrogen and oxygen atoms in total. The van der Waals surface area contributed by atoms with Crippen molar-refractivity contribution in [2.24, 2.45) is 7.05 Å². The van der Waals surface area contributed by atoms with Gasteiger partial charge >= 0.3 is 0 Å². The van der Waals surface area contributed by atoms with Crippen LogP contribution in [-0.4, -0.2) is 40.2 Å². The van der Waals surface area contributed by atoms with Gasteiger partial charge in [0.2, 0.25) is 5.91 Å². The van der Waals surface area contributed by atoms with Crippen LogP contribution in [0.4, 0.5) is 11.5 Å². The number of aryl methyl sites for hydroxylation is 2. The van der Waals surface area contributed by atoms with Crippen molar-refractivity contribution in [2.45, 2.75) is 39.0 Å². The van der Waals surface area contributed by atoms with Gasteiger partial charge in [-0.3, -0.25) is 9.48 Å². The van der Waals surface area contributed by atoms with E-state index in [4.69, 9.17) is 5.73 Å². The number of rotatable bonds is 5. The van der Waals surface area contributed by atoms with E-state index in [0.717, 1.165) is 43.9 Å². The van der Waals surface area contributed by atoms with Crippen molar-refractivity contribution in [1.29, 1.82) is 0 Å². The van der Waals surface area contributed by atoms with Gasteiger partial charge in [0.1, 0.15) is 5.82 Å². The molecule has 1 aromatic heterocycles. The van der Waals surface area contributed by atoms with Crippen molar-refractivity contribution in [2.75, 3.05) is 30.7 Å². The van der Waals surface area contributed by atoms with Gasteiger partial charge < -0.3 is 16.0 Å². The fourth-order valence-electron chi connectivity index (χ4n) is 2.66. The summed E-state index contributed by atoms with van der Waals surface area (Å²) < 4.78 is 1.75. The number of carbonyl (C=O) groups is 1. The maximum Gasteiger partial charge on any atom is 0.224 e. The number of nitrogens with one attached hydrogen (secondary N) is 1. The number of hydrogen-bond donors (Lipinski definition) is 2. The number of nitrogen functional groups attached to an aromatic ring is 1. The van der Waals surface area contributed by atoms with E-state index in [-0.39, 0.29) is 5.91 Å². The molecule has 0 atom stereocenters. The maximum atomic E-state index is 12.1. The number of likely N-dealkylation sites (tertiary alicyclic amines) is 1. The summed E-state index contributed by atoms with van der Waals surface area (Å²) >= 11 is 0. The lowest BCUT2D eigenvalue weighted by Crippen LogP contribution is -2.36. The molecule has 1 aliphatic rings. The zero-order valence-corrected chi connectivity index (χ0v) is 12.5. The zero-order valence-electron chi connectivity index (χ0n) is 12.5. The van der Waals surface area contributed by atoms with E-state index in [9.17, 15) is 4.79 Å². The van der Waals surface area contributed by atoms with Crippen molar-refractivity contribution in [3.8, 4) is 0 Å². The standard InChI is InChI=1S/C14H25N5O/c1-3-11-13(15)14(18(2)17-11)16-8-7-12(20)19-9-5-4-6-10-19/h16H,3-10,15H2,1-2H3. The number of hydrogen-bond acceptors (Lipinski definition) is 4. The second-order valence-electron chi connectivity index (χ2n) is 5.30. The Bertz CT molecular complexity index is 462. The lowest BCUT2D eigenvalue weighted by molar-refractivity contribution is -0.131. The molecule has 6 heteroatoms. The molecule has 0 aliphatic carbocycles. The average Bonchev–Trinajstić information content (AvgIpc) is 2.75.